The van der Waals surface area contributed by atoms with E-state index in [4.69, 9.17) is 0 Å². The maximum atomic E-state index is 3.57. The smallest absolute Gasteiger partial charge is 0.0233 e. The summed E-state index contributed by atoms with van der Waals surface area (Å²) in [5.41, 5.74) is 3.01. The van der Waals surface area contributed by atoms with E-state index in [9.17, 15) is 0 Å². The van der Waals surface area contributed by atoms with Gasteiger partial charge in [0.15, 0.2) is 0 Å². The van der Waals surface area contributed by atoms with Crippen LogP contribution in [0.15, 0.2) is 24.3 Å². The average Bonchev–Trinajstić information content (AvgIpc) is 2.40. The van der Waals surface area contributed by atoms with Crippen molar-refractivity contribution in [2.45, 2.75) is 59.7 Å². The standard InChI is InChI=1S/C19H32N2/c1-15-9-10-21(13-16(15)2)14-18-8-6-7-17(11-18)12-20-19(3,4)5/h6-8,11,15-16,20H,9-10,12-14H2,1-5H3. The minimum absolute atomic E-state index is 0.175. The van der Waals surface area contributed by atoms with E-state index in [0.29, 0.717) is 0 Å². The van der Waals surface area contributed by atoms with Crippen LogP contribution in [0.5, 0.6) is 0 Å². The Labute approximate surface area is 130 Å². The van der Waals surface area contributed by atoms with Crippen LogP contribution in [-0.4, -0.2) is 23.5 Å². The molecule has 1 aromatic rings. The molecule has 1 aromatic carbocycles. The zero-order chi connectivity index (χ0) is 15.5. The van der Waals surface area contributed by atoms with E-state index in [-0.39, 0.29) is 5.54 Å². The Balaban J connectivity index is 1.92. The summed E-state index contributed by atoms with van der Waals surface area (Å²) in [4.78, 5) is 2.61. The molecule has 0 saturated carbocycles. The van der Waals surface area contributed by atoms with E-state index in [1.807, 2.05) is 0 Å². The highest BCUT2D eigenvalue weighted by molar-refractivity contribution is 5.23. The maximum Gasteiger partial charge on any atom is 0.0233 e. The number of nitrogens with zero attached hydrogens (tertiary/aromatic N) is 1. The first-order valence-electron chi connectivity index (χ1n) is 8.39. The highest BCUT2D eigenvalue weighted by Crippen LogP contribution is 2.23. The maximum absolute atomic E-state index is 3.57. The first kappa shape index (κ1) is 16.5. The van der Waals surface area contributed by atoms with Gasteiger partial charge in [0.25, 0.3) is 0 Å². The highest BCUT2D eigenvalue weighted by Gasteiger charge is 2.22. The van der Waals surface area contributed by atoms with Crippen molar-refractivity contribution in [2.24, 2.45) is 11.8 Å². The topological polar surface area (TPSA) is 15.3 Å². The van der Waals surface area contributed by atoms with Crippen LogP contribution in [0.3, 0.4) is 0 Å². The van der Waals surface area contributed by atoms with Gasteiger partial charge in [0, 0.05) is 25.2 Å². The molecule has 0 radical (unpaired) electrons. The van der Waals surface area contributed by atoms with Gasteiger partial charge in [0.2, 0.25) is 0 Å². The Morgan fingerprint density at radius 3 is 2.52 bits per heavy atom. The second kappa shape index (κ2) is 6.93. The lowest BCUT2D eigenvalue weighted by molar-refractivity contribution is 0.132. The van der Waals surface area contributed by atoms with E-state index < -0.39 is 0 Å². The van der Waals surface area contributed by atoms with Gasteiger partial charge in [-0.3, -0.25) is 4.90 Å². The summed E-state index contributed by atoms with van der Waals surface area (Å²) < 4.78 is 0. The van der Waals surface area contributed by atoms with E-state index in [1.165, 1.54) is 30.6 Å². The van der Waals surface area contributed by atoms with Gasteiger partial charge in [-0.15, -0.1) is 0 Å². The molecule has 118 valence electrons. The SMILES string of the molecule is CC1CCN(Cc2cccc(CNC(C)(C)C)c2)CC1C. The van der Waals surface area contributed by atoms with Gasteiger partial charge in [-0.05, 0) is 56.7 Å². The Morgan fingerprint density at radius 2 is 1.86 bits per heavy atom. The molecule has 2 nitrogen and oxygen atoms in total. The lowest BCUT2D eigenvalue weighted by Crippen LogP contribution is -2.37. The van der Waals surface area contributed by atoms with Crippen LogP contribution in [0.4, 0.5) is 0 Å². The minimum atomic E-state index is 0.175. The first-order chi connectivity index (χ1) is 9.83. The molecule has 2 heteroatoms. The molecule has 0 bridgehead atoms. The van der Waals surface area contributed by atoms with Crippen molar-refractivity contribution in [3.8, 4) is 0 Å². The number of nitrogens with one attached hydrogen (secondary N) is 1. The predicted octanol–water partition coefficient (Wildman–Crippen LogP) is 4.05. The molecule has 1 aliphatic heterocycles. The molecule has 0 amide bonds. The monoisotopic (exact) mass is 288 g/mol. The van der Waals surface area contributed by atoms with Gasteiger partial charge in [0.1, 0.15) is 0 Å². The zero-order valence-electron chi connectivity index (χ0n) is 14.4. The average molecular weight is 288 g/mol. The fourth-order valence-corrected chi connectivity index (χ4v) is 2.96. The number of hydrogen-bond donors (Lipinski definition) is 1. The molecule has 1 N–H and O–H groups in total. The summed E-state index contributed by atoms with van der Waals surface area (Å²) in [6.07, 6.45) is 1.34. The molecule has 2 atom stereocenters. The normalized spacial score (nSPS) is 24.2. The van der Waals surface area contributed by atoms with Crippen molar-refractivity contribution >= 4 is 0 Å². The van der Waals surface area contributed by atoms with Crippen molar-refractivity contribution < 1.29 is 0 Å². The summed E-state index contributed by atoms with van der Waals surface area (Å²) in [5.74, 6) is 1.70. The molecule has 21 heavy (non-hydrogen) atoms. The summed E-state index contributed by atoms with van der Waals surface area (Å²) in [6.45, 7) is 16.0. The largest absolute Gasteiger partial charge is 0.308 e. The van der Waals surface area contributed by atoms with E-state index in [0.717, 1.165) is 24.9 Å². The Kier molecular flexibility index (Phi) is 5.45. The number of benzene rings is 1. The third kappa shape index (κ3) is 5.44. The van der Waals surface area contributed by atoms with Crippen molar-refractivity contribution in [3.63, 3.8) is 0 Å². The minimum Gasteiger partial charge on any atom is -0.308 e. The zero-order valence-corrected chi connectivity index (χ0v) is 14.4. The number of likely N-dealkylation sites (tertiary alicyclic amines) is 1. The van der Waals surface area contributed by atoms with Crippen LogP contribution in [0.25, 0.3) is 0 Å². The molecule has 2 unspecified atom stereocenters. The van der Waals surface area contributed by atoms with Gasteiger partial charge >= 0.3 is 0 Å². The summed E-state index contributed by atoms with van der Waals surface area (Å²) in [7, 11) is 0. The molecule has 0 spiro atoms. The lowest BCUT2D eigenvalue weighted by Gasteiger charge is -2.35. The molecule has 0 aromatic heterocycles. The molecule has 1 fully saturated rings. The van der Waals surface area contributed by atoms with Crippen LogP contribution in [0.1, 0.15) is 52.2 Å². The van der Waals surface area contributed by atoms with Gasteiger partial charge < -0.3 is 5.32 Å². The van der Waals surface area contributed by atoms with E-state index in [1.54, 1.807) is 0 Å². The van der Waals surface area contributed by atoms with Crippen molar-refractivity contribution in [3.05, 3.63) is 35.4 Å². The van der Waals surface area contributed by atoms with Gasteiger partial charge in [0.05, 0.1) is 0 Å². The third-order valence-corrected chi connectivity index (χ3v) is 4.64. The summed E-state index contributed by atoms with van der Waals surface area (Å²) in [5, 5.41) is 3.57. The van der Waals surface area contributed by atoms with E-state index in [2.05, 4.69) is 69.1 Å². The first-order valence-corrected chi connectivity index (χ1v) is 8.39. The molecule has 1 heterocycles. The summed E-state index contributed by atoms with van der Waals surface area (Å²) in [6, 6.07) is 9.05. The van der Waals surface area contributed by atoms with Crippen molar-refractivity contribution in [1.29, 1.82) is 0 Å². The van der Waals surface area contributed by atoms with E-state index >= 15 is 0 Å². The fourth-order valence-electron chi connectivity index (χ4n) is 2.96. The van der Waals surface area contributed by atoms with Crippen LogP contribution >= 0.6 is 0 Å². The molecule has 2 rings (SSSR count). The Morgan fingerprint density at radius 1 is 1.14 bits per heavy atom. The van der Waals surface area contributed by atoms with Crippen LogP contribution in [0, 0.1) is 11.8 Å². The van der Waals surface area contributed by atoms with Crippen molar-refractivity contribution in [1.82, 2.24) is 10.2 Å². The highest BCUT2D eigenvalue weighted by atomic mass is 15.1. The second-order valence-corrected chi connectivity index (χ2v) is 7.90. The lowest BCUT2D eigenvalue weighted by atomic mass is 9.88. The predicted molar refractivity (Wildman–Crippen MR) is 91.3 cm³/mol. The number of rotatable bonds is 4. The summed E-state index contributed by atoms with van der Waals surface area (Å²) >= 11 is 0. The fraction of sp³-hybridized carbons (Fsp3) is 0.684. The van der Waals surface area contributed by atoms with Crippen molar-refractivity contribution in [2.75, 3.05) is 13.1 Å². The molecular formula is C19H32N2. The van der Waals surface area contributed by atoms with Gasteiger partial charge in [-0.1, -0.05) is 38.1 Å². The van der Waals surface area contributed by atoms with Crippen LogP contribution < -0.4 is 5.32 Å². The Hall–Kier alpha value is -0.860. The van der Waals surface area contributed by atoms with Crippen LogP contribution in [0.2, 0.25) is 0 Å². The number of hydrogen-bond acceptors (Lipinski definition) is 2. The van der Waals surface area contributed by atoms with Crippen LogP contribution in [-0.2, 0) is 13.1 Å². The number of piperidine rings is 1. The third-order valence-electron chi connectivity index (χ3n) is 4.64. The van der Waals surface area contributed by atoms with Gasteiger partial charge in [-0.2, -0.15) is 0 Å². The quantitative estimate of drug-likeness (QED) is 0.899. The molecule has 1 aliphatic rings. The molecule has 0 aliphatic carbocycles. The molecular weight excluding hydrogens is 256 g/mol. The second-order valence-electron chi connectivity index (χ2n) is 7.90. The van der Waals surface area contributed by atoms with Gasteiger partial charge in [-0.25, -0.2) is 0 Å². The Bertz CT molecular complexity index is 447. The molecule has 1 saturated heterocycles.